The third-order valence-electron chi connectivity index (χ3n) is 8.43. The van der Waals surface area contributed by atoms with Gasteiger partial charge in [0.15, 0.2) is 6.04 Å². The molecule has 1 aromatic rings. The molecular weight excluding hydrogens is 935 g/mol. The zero-order valence-electron chi connectivity index (χ0n) is 41.9. The number of thioether (sulfide) groups is 2. The van der Waals surface area contributed by atoms with E-state index in [1.807, 2.05) is 26.5 Å². The molecule has 2 aliphatic heterocycles. The second kappa shape index (κ2) is 30.8. The standard InChI is InChI=1S/C11H22N2O3S.C10H18N2O3.C10H19NO4S.C7H8O3S.C5H10N2O/c1-11(2,3)16-10(15)13-8(6-7-17-5)9(14)12-4;1-10(2,3)15-9(14)11-7-5-6-12(4)8(7)13;1-10(2,3)15-9(14)11-7(8(12)13)5-6-16-4;1-6-2-4-7(5-3-6)11(8,9)10;1-7-3-2-4(6)5(7)8/h8H,6-7H2,1-5H3,(H,12,14)(H,13,15);7H,5-6H2,1-4H3,(H,11,14);7H,5-6H2,1-4H3,(H,11,14)(H,12,13);2-5H,1H3,(H,8,9,10);4H,2-3,6H2,1H3/t8-;2*7-;;4-/m111.1/s1. The number of nitrogens with zero attached hydrogens (tertiary/aromatic N) is 2. The number of carboxylic acid groups (broad SMARTS) is 1. The van der Waals surface area contributed by atoms with Crippen LogP contribution in [-0.2, 0) is 43.5 Å². The average molecular weight is 1010 g/mol. The second-order valence-corrected chi connectivity index (χ2v) is 21.5. The van der Waals surface area contributed by atoms with Crippen molar-refractivity contribution in [1.82, 2.24) is 31.1 Å². The van der Waals surface area contributed by atoms with Gasteiger partial charge in [0.05, 0.1) is 4.90 Å². The molecule has 0 aromatic heterocycles. The third kappa shape index (κ3) is 32.0. The Kier molecular flexibility index (Phi) is 29.7. The highest BCUT2D eigenvalue weighted by molar-refractivity contribution is 7.98. The number of hydrogen-bond acceptors (Lipinski definition) is 15. The van der Waals surface area contributed by atoms with Crippen LogP contribution in [0.4, 0.5) is 14.4 Å². The number of quaternary nitrogens is 1. The summed E-state index contributed by atoms with van der Waals surface area (Å²) in [5.74, 6) is 0.358. The van der Waals surface area contributed by atoms with E-state index in [0.29, 0.717) is 31.6 Å². The number of rotatable bonds is 12. The summed E-state index contributed by atoms with van der Waals surface area (Å²) in [7, 11) is 0.812. The molecule has 8 N–H and O–H groups in total. The summed E-state index contributed by atoms with van der Waals surface area (Å²) in [5.41, 5.74) is 2.90. The van der Waals surface area contributed by atoms with E-state index >= 15 is 0 Å². The van der Waals surface area contributed by atoms with Gasteiger partial charge in [-0.3, -0.25) is 14.4 Å². The maximum atomic E-state index is 11.5. The van der Waals surface area contributed by atoms with Crippen LogP contribution in [0, 0.1) is 6.92 Å². The highest BCUT2D eigenvalue weighted by Crippen LogP contribution is 2.13. The number of carboxylic acids is 1. The zero-order valence-corrected chi connectivity index (χ0v) is 44.3. The van der Waals surface area contributed by atoms with Gasteiger partial charge < -0.3 is 60.7 Å². The highest BCUT2D eigenvalue weighted by Gasteiger charge is 2.32. The number of hydrogen-bond donors (Lipinski definition) is 6. The molecule has 0 spiro atoms. The van der Waals surface area contributed by atoms with Crippen LogP contribution in [0.15, 0.2) is 29.2 Å². The number of likely N-dealkylation sites (N-methyl/N-ethyl adjacent to an activating group) is 3. The van der Waals surface area contributed by atoms with Crippen LogP contribution in [0.2, 0.25) is 0 Å². The molecule has 0 radical (unpaired) electrons. The minimum Gasteiger partial charge on any atom is -0.744 e. The minimum atomic E-state index is -4.27. The Morgan fingerprint density at radius 1 is 0.761 bits per heavy atom. The van der Waals surface area contributed by atoms with Gasteiger partial charge in [-0.2, -0.15) is 23.5 Å². The first kappa shape index (κ1) is 64.6. The van der Waals surface area contributed by atoms with E-state index in [-0.39, 0.29) is 28.7 Å². The lowest BCUT2D eigenvalue weighted by atomic mass is 10.2. The Morgan fingerprint density at radius 3 is 1.48 bits per heavy atom. The fourth-order valence-electron chi connectivity index (χ4n) is 5.08. The molecule has 2 heterocycles. The van der Waals surface area contributed by atoms with Crippen molar-refractivity contribution in [3.05, 3.63) is 29.8 Å². The van der Waals surface area contributed by atoms with Crippen LogP contribution in [-0.4, -0.2) is 169 Å². The molecule has 386 valence electrons. The molecule has 0 unspecified atom stereocenters. The van der Waals surface area contributed by atoms with Gasteiger partial charge in [-0.05, 0) is 125 Å². The van der Waals surface area contributed by atoms with Crippen molar-refractivity contribution in [2.45, 2.75) is 141 Å². The third-order valence-corrected chi connectivity index (χ3v) is 10.6. The predicted octanol–water partition coefficient (Wildman–Crippen LogP) is 3.20. The molecule has 67 heavy (non-hydrogen) atoms. The van der Waals surface area contributed by atoms with Gasteiger partial charge in [-0.25, -0.2) is 27.6 Å². The van der Waals surface area contributed by atoms with E-state index in [4.69, 9.17) is 19.3 Å². The molecule has 0 aliphatic carbocycles. The van der Waals surface area contributed by atoms with Crippen LogP contribution in [0.1, 0.15) is 93.6 Å². The van der Waals surface area contributed by atoms with Crippen LogP contribution in [0.25, 0.3) is 0 Å². The first-order valence-electron chi connectivity index (χ1n) is 21.3. The normalized spacial score (nSPS) is 16.6. The van der Waals surface area contributed by atoms with Crippen molar-refractivity contribution in [2.75, 3.05) is 58.2 Å². The van der Waals surface area contributed by atoms with Crippen molar-refractivity contribution in [1.29, 1.82) is 0 Å². The van der Waals surface area contributed by atoms with Gasteiger partial charge in [0.2, 0.25) is 11.8 Å². The van der Waals surface area contributed by atoms with Crippen LogP contribution in [0.5, 0.6) is 0 Å². The summed E-state index contributed by atoms with van der Waals surface area (Å²) < 4.78 is 46.3. The molecule has 6 amide bonds. The number of aryl methyl sites for hydroxylation is 1. The molecular formula is C43H77N7O14S3. The first-order chi connectivity index (χ1) is 30.6. The van der Waals surface area contributed by atoms with Crippen molar-refractivity contribution < 1.29 is 71.6 Å². The molecule has 21 nitrogen and oxygen atoms in total. The minimum absolute atomic E-state index is 0.0278. The summed E-state index contributed by atoms with van der Waals surface area (Å²) in [6.07, 6.45) is 4.59. The van der Waals surface area contributed by atoms with Crippen LogP contribution in [0.3, 0.4) is 0 Å². The molecule has 3 rings (SSSR count). The number of nitrogens with one attached hydrogen (secondary N) is 4. The van der Waals surface area contributed by atoms with E-state index in [1.165, 1.54) is 23.9 Å². The molecule has 2 saturated heterocycles. The number of likely N-dealkylation sites (tertiary alicyclic amines) is 2. The number of carbonyl (C=O) groups excluding carboxylic acids is 6. The van der Waals surface area contributed by atoms with Crippen molar-refractivity contribution >= 4 is 75.6 Å². The van der Waals surface area contributed by atoms with Crippen LogP contribution < -0.4 is 27.0 Å². The molecule has 4 atom stereocenters. The Hall–Kier alpha value is -4.52. The van der Waals surface area contributed by atoms with E-state index in [2.05, 4.69) is 27.0 Å². The zero-order chi connectivity index (χ0) is 52.5. The number of benzene rings is 1. The number of aliphatic carboxylic acids is 1. The smallest absolute Gasteiger partial charge is 0.408 e. The van der Waals surface area contributed by atoms with Gasteiger partial charge in [0.25, 0.3) is 5.91 Å². The van der Waals surface area contributed by atoms with E-state index in [1.54, 1.807) is 110 Å². The quantitative estimate of drug-likeness (QED) is 0.129. The fourth-order valence-corrected chi connectivity index (χ4v) is 6.49. The van der Waals surface area contributed by atoms with Crippen LogP contribution >= 0.6 is 23.5 Å². The SMILES string of the molecule is CN1CC[C@@H](NC(=O)OC(C)(C)C)C1=O.CN1CC[C@@H]([NH3+])C1=O.CNC(=O)[C@@H](CCSC)NC(=O)OC(C)(C)C.CSCC[C@@H](NC(=O)OC(C)(C)C)C(=O)O.Cc1ccc(S(=O)(=O)[O-])cc1. The number of carbonyl (C=O) groups is 7. The van der Waals surface area contributed by atoms with Gasteiger partial charge >= 0.3 is 24.2 Å². The molecule has 2 fully saturated rings. The fraction of sp³-hybridized carbons (Fsp3) is 0.698. The maximum Gasteiger partial charge on any atom is 0.408 e. The Bertz CT molecular complexity index is 1820. The van der Waals surface area contributed by atoms with Gasteiger partial charge in [0.1, 0.15) is 45.0 Å². The van der Waals surface area contributed by atoms with Crippen molar-refractivity contribution in [3.8, 4) is 0 Å². The highest BCUT2D eigenvalue weighted by atomic mass is 32.2. The van der Waals surface area contributed by atoms with Gasteiger partial charge in [-0.1, -0.05) is 17.7 Å². The van der Waals surface area contributed by atoms with E-state index in [9.17, 15) is 46.5 Å². The lowest BCUT2D eigenvalue weighted by molar-refractivity contribution is -0.401. The molecule has 1 aromatic carbocycles. The molecule has 2 aliphatic rings. The van der Waals surface area contributed by atoms with E-state index < -0.39 is 69.3 Å². The number of alkyl carbamates (subject to hydrolysis) is 3. The largest absolute Gasteiger partial charge is 0.744 e. The summed E-state index contributed by atoms with van der Waals surface area (Å²) in [5, 5.41) is 18.9. The summed E-state index contributed by atoms with van der Waals surface area (Å²) >= 11 is 3.16. The average Bonchev–Trinajstić information content (AvgIpc) is 3.65. The molecule has 0 saturated carbocycles. The maximum absolute atomic E-state index is 11.5. The van der Waals surface area contributed by atoms with Crippen molar-refractivity contribution in [2.24, 2.45) is 0 Å². The lowest BCUT2D eigenvalue weighted by Crippen LogP contribution is -2.64. The first-order valence-corrected chi connectivity index (χ1v) is 25.5. The Labute approximate surface area is 405 Å². The molecule has 0 bridgehead atoms. The summed E-state index contributed by atoms with van der Waals surface area (Å²) in [4.78, 5) is 82.0. The lowest BCUT2D eigenvalue weighted by Gasteiger charge is -2.22. The topological polar surface area (TPSA) is 307 Å². The van der Waals surface area contributed by atoms with Crippen molar-refractivity contribution in [3.63, 3.8) is 0 Å². The number of ether oxygens (including phenoxy) is 3. The number of amides is 6. The predicted molar refractivity (Wildman–Crippen MR) is 257 cm³/mol. The molecule has 24 heteroatoms. The van der Waals surface area contributed by atoms with Gasteiger partial charge in [0, 0.05) is 40.7 Å². The second-order valence-electron chi connectivity index (χ2n) is 18.2. The summed E-state index contributed by atoms with van der Waals surface area (Å²) in [6.45, 7) is 19.3. The van der Waals surface area contributed by atoms with E-state index in [0.717, 1.165) is 24.3 Å². The Morgan fingerprint density at radius 2 is 1.16 bits per heavy atom. The monoisotopic (exact) mass is 1010 g/mol. The Balaban J connectivity index is 0. The van der Waals surface area contributed by atoms with Gasteiger partial charge in [-0.15, -0.1) is 0 Å². The summed E-state index contributed by atoms with van der Waals surface area (Å²) in [6, 6.07) is 3.96.